The highest BCUT2D eigenvalue weighted by molar-refractivity contribution is 5.24. The number of fused-ring (bicyclic) bond motifs is 1. The van der Waals surface area contributed by atoms with E-state index >= 15 is 0 Å². The van der Waals surface area contributed by atoms with Gasteiger partial charge in [0.15, 0.2) is 0 Å². The van der Waals surface area contributed by atoms with Gasteiger partial charge in [-0.1, -0.05) is 25.5 Å². The van der Waals surface area contributed by atoms with E-state index in [-0.39, 0.29) is 6.10 Å². The second-order valence-corrected chi connectivity index (χ2v) is 4.62. The first-order valence-corrected chi connectivity index (χ1v) is 4.40. The highest BCUT2D eigenvalue weighted by Gasteiger charge is 2.53. The van der Waals surface area contributed by atoms with Crippen LogP contribution in [-0.4, -0.2) is 11.2 Å². The molecular formula is C10H16O. The molecule has 3 aliphatic rings. The molecule has 1 heteroatoms. The van der Waals surface area contributed by atoms with E-state index in [1.165, 1.54) is 12.0 Å². The molecule has 1 nitrogen and oxygen atoms in total. The van der Waals surface area contributed by atoms with E-state index in [2.05, 4.69) is 20.8 Å². The smallest absolute Gasteiger partial charge is 0.0757 e. The Kier molecular flexibility index (Phi) is 1.26. The molecule has 0 spiro atoms. The van der Waals surface area contributed by atoms with Crippen LogP contribution >= 0.6 is 0 Å². The maximum absolute atomic E-state index is 9.65. The largest absolute Gasteiger partial charge is 0.389 e. The van der Waals surface area contributed by atoms with Gasteiger partial charge in [-0.3, -0.25) is 0 Å². The average Bonchev–Trinajstić information content (AvgIpc) is 1.84. The zero-order valence-electron chi connectivity index (χ0n) is 7.46. The molecule has 0 aromatic heterocycles. The SMILES string of the molecule is CC1=C[C@H](O)[C@H]2C[C@H]1C2(C)C. The van der Waals surface area contributed by atoms with Crippen LogP contribution in [0.4, 0.5) is 0 Å². The zero-order valence-corrected chi connectivity index (χ0v) is 7.46. The Morgan fingerprint density at radius 1 is 1.55 bits per heavy atom. The first kappa shape index (κ1) is 7.35. The van der Waals surface area contributed by atoms with E-state index in [4.69, 9.17) is 0 Å². The fourth-order valence-corrected chi connectivity index (χ4v) is 2.81. The Labute approximate surface area is 68.1 Å². The summed E-state index contributed by atoms with van der Waals surface area (Å²) in [4.78, 5) is 0. The zero-order chi connectivity index (χ0) is 8.22. The molecule has 3 rings (SSSR count). The predicted molar refractivity (Wildman–Crippen MR) is 45.1 cm³/mol. The van der Waals surface area contributed by atoms with E-state index in [1.807, 2.05) is 6.08 Å². The van der Waals surface area contributed by atoms with Gasteiger partial charge in [-0.25, -0.2) is 0 Å². The Balaban J connectivity index is 2.34. The number of allylic oxidation sites excluding steroid dienone is 1. The van der Waals surface area contributed by atoms with Crippen LogP contribution in [0.5, 0.6) is 0 Å². The van der Waals surface area contributed by atoms with Gasteiger partial charge in [0.2, 0.25) is 0 Å². The Morgan fingerprint density at radius 2 is 2.18 bits per heavy atom. The van der Waals surface area contributed by atoms with Crippen LogP contribution in [0, 0.1) is 17.3 Å². The molecular weight excluding hydrogens is 136 g/mol. The van der Waals surface area contributed by atoms with Crippen LogP contribution in [0.3, 0.4) is 0 Å². The van der Waals surface area contributed by atoms with Crippen molar-refractivity contribution in [3.63, 3.8) is 0 Å². The highest BCUT2D eigenvalue weighted by Crippen LogP contribution is 2.58. The van der Waals surface area contributed by atoms with Crippen molar-refractivity contribution >= 4 is 0 Å². The lowest BCUT2D eigenvalue weighted by atomic mass is 9.48. The summed E-state index contributed by atoms with van der Waals surface area (Å²) >= 11 is 0. The normalized spacial score (nSPS) is 46.2. The van der Waals surface area contributed by atoms with Gasteiger partial charge in [0, 0.05) is 0 Å². The quantitative estimate of drug-likeness (QED) is 0.526. The van der Waals surface area contributed by atoms with Crippen molar-refractivity contribution < 1.29 is 5.11 Å². The molecule has 0 amide bonds. The standard InChI is InChI=1S/C10H16O/c1-6-4-9(11)8-5-7(6)10(8,2)3/h4,7-9,11H,5H2,1-3H3/t7-,8-,9+/m1/s1. The van der Waals surface area contributed by atoms with Crippen LogP contribution in [0.1, 0.15) is 27.2 Å². The van der Waals surface area contributed by atoms with E-state index in [0.717, 1.165) is 5.92 Å². The lowest BCUT2D eigenvalue weighted by Gasteiger charge is -2.57. The van der Waals surface area contributed by atoms with Gasteiger partial charge in [0.25, 0.3) is 0 Å². The van der Waals surface area contributed by atoms with Crippen molar-refractivity contribution in [3.05, 3.63) is 11.6 Å². The molecule has 0 heterocycles. The average molecular weight is 152 g/mol. The third kappa shape index (κ3) is 0.750. The number of aliphatic hydroxyl groups is 1. The summed E-state index contributed by atoms with van der Waals surface area (Å²) in [5.41, 5.74) is 1.75. The summed E-state index contributed by atoms with van der Waals surface area (Å²) < 4.78 is 0. The summed E-state index contributed by atoms with van der Waals surface area (Å²) in [7, 11) is 0. The number of hydrogen-bond acceptors (Lipinski definition) is 1. The maximum Gasteiger partial charge on any atom is 0.0757 e. The minimum atomic E-state index is -0.171. The van der Waals surface area contributed by atoms with E-state index in [9.17, 15) is 5.11 Å². The molecule has 1 N–H and O–H groups in total. The van der Waals surface area contributed by atoms with Crippen LogP contribution in [0.2, 0.25) is 0 Å². The molecule has 0 aliphatic heterocycles. The van der Waals surface area contributed by atoms with Crippen LogP contribution in [0.15, 0.2) is 11.6 Å². The molecule has 0 aromatic rings. The van der Waals surface area contributed by atoms with E-state index in [0.29, 0.717) is 11.3 Å². The lowest BCUT2D eigenvalue weighted by molar-refractivity contribution is -0.0760. The van der Waals surface area contributed by atoms with Crippen molar-refractivity contribution in [3.8, 4) is 0 Å². The highest BCUT2D eigenvalue weighted by atomic mass is 16.3. The topological polar surface area (TPSA) is 20.2 Å². The Morgan fingerprint density at radius 3 is 2.55 bits per heavy atom. The molecule has 2 bridgehead atoms. The lowest BCUT2D eigenvalue weighted by Crippen LogP contribution is -2.53. The molecule has 0 aromatic carbocycles. The molecule has 0 saturated heterocycles. The minimum Gasteiger partial charge on any atom is -0.389 e. The van der Waals surface area contributed by atoms with Crippen LogP contribution in [-0.2, 0) is 0 Å². The van der Waals surface area contributed by atoms with E-state index < -0.39 is 0 Å². The van der Waals surface area contributed by atoms with Crippen molar-refractivity contribution in [1.82, 2.24) is 0 Å². The number of hydrogen-bond donors (Lipinski definition) is 1. The molecule has 62 valence electrons. The Bertz CT molecular complexity index is 215. The van der Waals surface area contributed by atoms with Crippen LogP contribution in [0.25, 0.3) is 0 Å². The number of rotatable bonds is 0. The summed E-state index contributed by atoms with van der Waals surface area (Å²) in [6.45, 7) is 6.68. The molecule has 11 heavy (non-hydrogen) atoms. The van der Waals surface area contributed by atoms with Gasteiger partial charge >= 0.3 is 0 Å². The second-order valence-electron chi connectivity index (χ2n) is 4.62. The molecule has 3 aliphatic carbocycles. The van der Waals surface area contributed by atoms with Gasteiger partial charge in [-0.2, -0.15) is 0 Å². The molecule has 1 fully saturated rings. The third-order valence-corrected chi connectivity index (χ3v) is 3.74. The Hall–Kier alpha value is -0.300. The summed E-state index contributed by atoms with van der Waals surface area (Å²) in [6.07, 6.45) is 3.07. The molecule has 1 saturated carbocycles. The monoisotopic (exact) mass is 152 g/mol. The predicted octanol–water partition coefficient (Wildman–Crippen LogP) is 1.97. The summed E-state index contributed by atoms with van der Waals surface area (Å²) in [6, 6.07) is 0. The van der Waals surface area contributed by atoms with Crippen LogP contribution < -0.4 is 0 Å². The maximum atomic E-state index is 9.65. The fraction of sp³-hybridized carbons (Fsp3) is 0.800. The van der Waals surface area contributed by atoms with Crippen molar-refractivity contribution in [2.45, 2.75) is 33.3 Å². The summed E-state index contributed by atoms with van der Waals surface area (Å²) in [5, 5.41) is 9.65. The molecule has 0 radical (unpaired) electrons. The van der Waals surface area contributed by atoms with Gasteiger partial charge in [0.05, 0.1) is 6.10 Å². The van der Waals surface area contributed by atoms with Crippen molar-refractivity contribution in [1.29, 1.82) is 0 Å². The van der Waals surface area contributed by atoms with Crippen molar-refractivity contribution in [2.24, 2.45) is 17.3 Å². The minimum absolute atomic E-state index is 0.171. The fourth-order valence-electron chi connectivity index (χ4n) is 2.81. The summed E-state index contributed by atoms with van der Waals surface area (Å²) in [5.74, 6) is 1.27. The first-order chi connectivity index (χ1) is 5.03. The molecule has 0 unspecified atom stereocenters. The first-order valence-electron chi connectivity index (χ1n) is 4.40. The van der Waals surface area contributed by atoms with Gasteiger partial charge in [0.1, 0.15) is 0 Å². The van der Waals surface area contributed by atoms with E-state index in [1.54, 1.807) is 0 Å². The van der Waals surface area contributed by atoms with Gasteiger partial charge < -0.3 is 5.11 Å². The van der Waals surface area contributed by atoms with Crippen molar-refractivity contribution in [2.75, 3.05) is 0 Å². The van der Waals surface area contributed by atoms with Gasteiger partial charge in [-0.15, -0.1) is 0 Å². The van der Waals surface area contributed by atoms with Gasteiger partial charge in [-0.05, 0) is 30.6 Å². The number of aliphatic hydroxyl groups excluding tert-OH is 1. The second kappa shape index (κ2) is 1.89. The molecule has 3 atom stereocenters. The third-order valence-electron chi connectivity index (χ3n) is 3.74.